The van der Waals surface area contributed by atoms with Gasteiger partial charge in [0, 0.05) is 18.5 Å². The van der Waals surface area contributed by atoms with Crippen LogP contribution in [0.1, 0.15) is 12.6 Å². The third-order valence-electron chi connectivity index (χ3n) is 5.71. The van der Waals surface area contributed by atoms with Crippen molar-refractivity contribution in [2.75, 3.05) is 25.6 Å². The number of hydrogen-bond donors (Lipinski definition) is 9. The smallest absolute Gasteiger partial charge is 0.394 e. The molecule has 2 aliphatic rings. The fourth-order valence-corrected chi connectivity index (χ4v) is 5.96. The van der Waals surface area contributed by atoms with Gasteiger partial charge in [-0.2, -0.15) is 9.29 Å². The van der Waals surface area contributed by atoms with E-state index in [9.17, 15) is 49.2 Å². The molecule has 2 aliphatic heterocycles. The Hall–Kier alpha value is -1.38. The summed E-state index contributed by atoms with van der Waals surface area (Å²) in [6.07, 6.45) is -12.5. The number of phosphoric ester groups is 2. The number of rotatable bonds is 10. The van der Waals surface area contributed by atoms with Gasteiger partial charge in [0.05, 0.1) is 38.1 Å². The molecule has 3 heterocycles. The lowest BCUT2D eigenvalue weighted by atomic mass is 9.92. The Morgan fingerprint density at radius 3 is 2.47 bits per heavy atom. The van der Waals surface area contributed by atoms with E-state index in [1.165, 1.54) is 12.3 Å². The van der Waals surface area contributed by atoms with Crippen LogP contribution in [0.3, 0.4) is 0 Å². The fraction of sp³-hybridized carbons (Fsp3) is 0.765. The zero-order valence-electron chi connectivity index (χ0n) is 19.4. The van der Waals surface area contributed by atoms with Crippen molar-refractivity contribution in [3.63, 3.8) is 0 Å². The highest BCUT2D eigenvalue weighted by atomic mass is 31.3. The van der Waals surface area contributed by atoms with Gasteiger partial charge in [-0.05, 0) is 6.07 Å². The number of aliphatic hydroxyl groups excluding tert-OH is 6. The summed E-state index contributed by atoms with van der Waals surface area (Å²) < 4.78 is 49.2. The van der Waals surface area contributed by atoms with Crippen molar-refractivity contribution < 1.29 is 72.4 Å². The molecule has 0 spiro atoms. The van der Waals surface area contributed by atoms with E-state index in [-0.39, 0.29) is 12.2 Å². The maximum atomic E-state index is 12.3. The third-order valence-corrected chi connectivity index (χ3v) is 8.31. The van der Waals surface area contributed by atoms with Crippen LogP contribution in [0.15, 0.2) is 17.1 Å². The van der Waals surface area contributed by atoms with Crippen LogP contribution in [-0.2, 0) is 32.0 Å². The summed E-state index contributed by atoms with van der Waals surface area (Å²) in [5.41, 5.74) is 4.58. The van der Waals surface area contributed by atoms with Gasteiger partial charge in [-0.25, -0.2) is 13.9 Å². The molecule has 3 rings (SSSR count). The monoisotopic (exact) mass is 593 g/mol. The summed E-state index contributed by atoms with van der Waals surface area (Å²) in [6, 6.07) is 1.28. The first-order chi connectivity index (χ1) is 17.6. The normalized spacial score (nSPS) is 36.2. The molecular formula is C17H29N3O16P2. The van der Waals surface area contributed by atoms with Gasteiger partial charge in [0.25, 0.3) is 0 Å². The summed E-state index contributed by atoms with van der Waals surface area (Å²) in [6.45, 7) is -2.28. The van der Waals surface area contributed by atoms with Crippen LogP contribution in [0.25, 0.3) is 0 Å². The van der Waals surface area contributed by atoms with E-state index in [1.54, 1.807) is 0 Å². The number of aromatic nitrogens is 2. The number of anilines is 1. The van der Waals surface area contributed by atoms with E-state index in [0.29, 0.717) is 0 Å². The van der Waals surface area contributed by atoms with Gasteiger partial charge < -0.3 is 55.6 Å². The van der Waals surface area contributed by atoms with Crippen LogP contribution in [0.4, 0.5) is 5.82 Å². The maximum Gasteiger partial charge on any atom is 0.483 e. The van der Waals surface area contributed by atoms with Crippen LogP contribution >= 0.6 is 15.6 Å². The number of hydrogen-bond acceptors (Lipinski definition) is 16. The summed E-state index contributed by atoms with van der Waals surface area (Å²) >= 11 is 0. The van der Waals surface area contributed by atoms with Crippen LogP contribution < -0.4 is 11.4 Å². The quantitative estimate of drug-likeness (QED) is 0.117. The zero-order chi connectivity index (χ0) is 28.4. The van der Waals surface area contributed by atoms with Crippen LogP contribution in [0, 0.1) is 5.92 Å². The summed E-state index contributed by atoms with van der Waals surface area (Å²) in [7, 11) is -10.9. The molecular weight excluding hydrogens is 564 g/mol. The van der Waals surface area contributed by atoms with E-state index in [1.807, 2.05) is 0 Å². The number of ether oxygens (including phenoxy) is 2. The molecule has 1 aromatic heterocycles. The predicted octanol–water partition coefficient (Wildman–Crippen LogP) is -3.87. The average molecular weight is 593 g/mol. The minimum Gasteiger partial charge on any atom is -0.394 e. The topological polar surface area (TPSA) is 303 Å². The lowest BCUT2D eigenvalue weighted by Gasteiger charge is -2.28. The molecule has 0 saturated carbocycles. The molecule has 2 fully saturated rings. The number of nitrogens with two attached hydrogens (primary N) is 1. The Morgan fingerprint density at radius 2 is 1.84 bits per heavy atom. The van der Waals surface area contributed by atoms with E-state index in [2.05, 4.69) is 18.3 Å². The first-order valence-corrected chi connectivity index (χ1v) is 14.0. The van der Waals surface area contributed by atoms with Crippen LogP contribution in [0.2, 0.25) is 0 Å². The minimum atomic E-state index is -5.56. The SMILES string of the molecule is Nc1ccn([C@@H]2O[C@H](COP(=O)(O)OP(=O)(O)OC3OCC([C@@H](O)CO)C(O)C(O)C3O)C[C@H]2O)c(=O)n1. The van der Waals surface area contributed by atoms with E-state index >= 15 is 0 Å². The first kappa shape index (κ1) is 31.2. The fourth-order valence-electron chi connectivity index (χ4n) is 3.78. The van der Waals surface area contributed by atoms with Gasteiger partial charge >= 0.3 is 21.3 Å². The molecule has 10 N–H and O–H groups in total. The molecule has 11 atom stereocenters. The number of nitrogens with zero attached hydrogens (tertiary/aromatic N) is 2. The van der Waals surface area contributed by atoms with E-state index in [4.69, 9.17) is 20.3 Å². The Balaban J connectivity index is 1.58. The van der Waals surface area contributed by atoms with Crippen molar-refractivity contribution in [2.24, 2.45) is 5.92 Å². The van der Waals surface area contributed by atoms with E-state index < -0.39 is 96.2 Å². The zero-order valence-corrected chi connectivity index (χ0v) is 21.2. The third kappa shape index (κ3) is 7.63. The van der Waals surface area contributed by atoms with Crippen molar-refractivity contribution in [2.45, 2.75) is 55.6 Å². The van der Waals surface area contributed by atoms with E-state index in [0.717, 1.165) is 4.57 Å². The minimum absolute atomic E-state index is 0.0670. The lowest BCUT2D eigenvalue weighted by molar-refractivity contribution is -0.173. The average Bonchev–Trinajstić information content (AvgIpc) is 3.15. The van der Waals surface area contributed by atoms with Crippen LogP contribution in [0.5, 0.6) is 0 Å². The lowest BCUT2D eigenvalue weighted by Crippen LogP contribution is -2.47. The number of nitrogen functional groups attached to an aromatic ring is 1. The molecule has 0 bridgehead atoms. The van der Waals surface area contributed by atoms with Gasteiger partial charge in [0.15, 0.2) is 12.5 Å². The van der Waals surface area contributed by atoms with Crippen molar-refractivity contribution in [3.8, 4) is 0 Å². The van der Waals surface area contributed by atoms with Crippen molar-refractivity contribution in [1.29, 1.82) is 0 Å². The molecule has 0 aliphatic carbocycles. The number of aliphatic hydroxyl groups is 6. The maximum absolute atomic E-state index is 12.3. The molecule has 2 saturated heterocycles. The molecule has 0 amide bonds. The number of phosphoric acid groups is 2. The van der Waals surface area contributed by atoms with Crippen LogP contribution in [-0.4, -0.2) is 113 Å². The molecule has 0 aromatic carbocycles. The Bertz CT molecular complexity index is 1110. The summed E-state index contributed by atoms with van der Waals surface area (Å²) in [4.78, 5) is 35.2. The van der Waals surface area contributed by atoms with Gasteiger partial charge in [-0.1, -0.05) is 0 Å². The predicted molar refractivity (Wildman–Crippen MR) is 120 cm³/mol. The van der Waals surface area contributed by atoms with Crippen molar-refractivity contribution >= 4 is 21.5 Å². The summed E-state index contributed by atoms with van der Waals surface area (Å²) in [5, 5.41) is 59.2. The molecule has 21 heteroatoms. The molecule has 0 radical (unpaired) electrons. The Morgan fingerprint density at radius 1 is 1.16 bits per heavy atom. The largest absolute Gasteiger partial charge is 0.483 e. The highest BCUT2D eigenvalue weighted by Crippen LogP contribution is 2.61. The Kier molecular flexibility index (Phi) is 10.2. The second-order valence-corrected chi connectivity index (χ2v) is 11.5. The van der Waals surface area contributed by atoms with Gasteiger partial charge in [0.2, 0.25) is 0 Å². The standard InChI is InChI=1S/C17H29N3O16P2/c18-11-1-2-20(17(27)19-11)15-9(22)3-7(34-15)5-33-37(28,29)36-38(30,31)35-16-14(26)13(25)12(24)8(6-32-16)10(23)4-21/h1-2,7-10,12-16,21-26H,3-6H2,(H,28,29)(H,30,31)(H2,18,19,27)/t7-,8?,9+,10-,12?,13?,14?,15+,16?/m0/s1. The highest BCUT2D eigenvalue weighted by molar-refractivity contribution is 7.61. The van der Waals surface area contributed by atoms with Crippen molar-refractivity contribution in [1.82, 2.24) is 9.55 Å². The van der Waals surface area contributed by atoms with Gasteiger partial charge in [-0.15, -0.1) is 0 Å². The van der Waals surface area contributed by atoms with Gasteiger partial charge in [-0.3, -0.25) is 13.6 Å². The summed E-state index contributed by atoms with van der Waals surface area (Å²) in [5.74, 6) is -1.40. The van der Waals surface area contributed by atoms with Gasteiger partial charge in [0.1, 0.15) is 24.1 Å². The molecule has 1 aromatic rings. The second kappa shape index (κ2) is 12.4. The molecule has 19 nitrogen and oxygen atoms in total. The molecule has 218 valence electrons. The Labute approximate surface area is 213 Å². The second-order valence-electron chi connectivity index (χ2n) is 8.50. The van der Waals surface area contributed by atoms with Crippen molar-refractivity contribution in [3.05, 3.63) is 22.7 Å². The molecule has 38 heavy (non-hydrogen) atoms. The highest BCUT2D eigenvalue weighted by Gasteiger charge is 2.47. The molecule has 7 unspecified atom stereocenters. The first-order valence-electron chi connectivity index (χ1n) is 11.0.